The van der Waals surface area contributed by atoms with Gasteiger partial charge in [0.2, 0.25) is 0 Å². The lowest BCUT2D eigenvalue weighted by Gasteiger charge is -2.48. The van der Waals surface area contributed by atoms with Crippen LogP contribution in [0.1, 0.15) is 12.8 Å². The smallest absolute Gasteiger partial charge is 0.0356 e. The van der Waals surface area contributed by atoms with Gasteiger partial charge in [-0.25, -0.2) is 0 Å². The van der Waals surface area contributed by atoms with E-state index >= 15 is 0 Å². The molecule has 0 saturated carbocycles. The second-order valence-corrected chi connectivity index (χ2v) is 3.94. The summed E-state index contributed by atoms with van der Waals surface area (Å²) in [7, 11) is 0. The fourth-order valence-electron chi connectivity index (χ4n) is 2.57. The van der Waals surface area contributed by atoms with Crippen molar-refractivity contribution < 1.29 is 0 Å². The highest BCUT2D eigenvalue weighted by atomic mass is 15.2. The zero-order valence-electron chi connectivity index (χ0n) is 7.37. The fraction of sp³-hybridized carbons (Fsp3) is 0.800. The van der Waals surface area contributed by atoms with Crippen molar-refractivity contribution in [3.63, 3.8) is 0 Å². The minimum absolute atomic E-state index is 0.501. The number of piperidine rings is 3. The molecule has 2 nitrogen and oxygen atoms in total. The number of hydrogen-bond acceptors (Lipinski definition) is 2. The lowest BCUT2D eigenvalue weighted by atomic mass is 9.76. The van der Waals surface area contributed by atoms with Crippen molar-refractivity contribution in [1.29, 1.82) is 0 Å². The van der Waals surface area contributed by atoms with Crippen LogP contribution in [0, 0.1) is 24.2 Å². The van der Waals surface area contributed by atoms with E-state index in [9.17, 15) is 0 Å². The number of rotatable bonds is 1. The largest absolute Gasteiger partial charge is 0.329 e. The summed E-state index contributed by atoms with van der Waals surface area (Å²) in [5, 5.41) is 0. The Balaban J connectivity index is 2.07. The van der Waals surface area contributed by atoms with Crippen LogP contribution in [0.4, 0.5) is 0 Å². The van der Waals surface area contributed by atoms with Gasteiger partial charge in [-0.15, -0.1) is 12.3 Å². The van der Waals surface area contributed by atoms with Gasteiger partial charge in [-0.2, -0.15) is 0 Å². The summed E-state index contributed by atoms with van der Waals surface area (Å²) >= 11 is 0. The van der Waals surface area contributed by atoms with Crippen LogP contribution in [0.15, 0.2) is 0 Å². The number of hydrogen-bond donors (Lipinski definition) is 1. The molecule has 2 N–H and O–H groups in total. The average Bonchev–Trinajstić information content (AvgIpc) is 2.18. The van der Waals surface area contributed by atoms with Gasteiger partial charge in [0, 0.05) is 25.0 Å². The van der Waals surface area contributed by atoms with Crippen molar-refractivity contribution in [3.8, 4) is 12.3 Å². The molecule has 3 heterocycles. The SMILES string of the molecule is C#CC1CN2CCC1CC2CN. The van der Waals surface area contributed by atoms with Crippen molar-refractivity contribution in [2.45, 2.75) is 18.9 Å². The van der Waals surface area contributed by atoms with Crippen molar-refractivity contribution in [3.05, 3.63) is 0 Å². The van der Waals surface area contributed by atoms with Gasteiger partial charge in [0.15, 0.2) is 0 Å². The highest BCUT2D eigenvalue weighted by Crippen LogP contribution is 2.35. The zero-order chi connectivity index (χ0) is 8.55. The predicted octanol–water partition coefficient (Wildman–Crippen LogP) is 0.289. The van der Waals surface area contributed by atoms with Crippen LogP contribution in [0.2, 0.25) is 0 Å². The lowest BCUT2D eigenvalue weighted by Crippen LogP contribution is -2.55. The Morgan fingerprint density at radius 2 is 2.42 bits per heavy atom. The molecular weight excluding hydrogens is 148 g/mol. The third-order valence-corrected chi connectivity index (χ3v) is 3.36. The van der Waals surface area contributed by atoms with E-state index in [0.717, 1.165) is 19.0 Å². The van der Waals surface area contributed by atoms with Gasteiger partial charge in [0.05, 0.1) is 0 Å². The molecule has 0 spiro atoms. The molecule has 3 aliphatic rings. The molecule has 0 aromatic heterocycles. The maximum atomic E-state index is 5.68. The van der Waals surface area contributed by atoms with E-state index in [1.807, 2.05) is 0 Å². The molecule has 0 aliphatic carbocycles. The van der Waals surface area contributed by atoms with Crippen LogP contribution < -0.4 is 5.73 Å². The molecule has 3 aliphatic heterocycles. The number of terminal acetylenes is 1. The number of fused-ring (bicyclic) bond motifs is 3. The third-order valence-electron chi connectivity index (χ3n) is 3.36. The Hall–Kier alpha value is -0.520. The third kappa shape index (κ3) is 1.14. The van der Waals surface area contributed by atoms with E-state index < -0.39 is 0 Å². The van der Waals surface area contributed by atoms with Gasteiger partial charge >= 0.3 is 0 Å². The standard InChI is InChI=1S/C10H16N2/c1-2-8-7-12-4-3-9(8)5-10(12)6-11/h1,8-10H,3-7,11H2. The Kier molecular flexibility index (Phi) is 2.08. The maximum absolute atomic E-state index is 5.68. The van der Waals surface area contributed by atoms with Crippen molar-refractivity contribution in [1.82, 2.24) is 4.90 Å². The van der Waals surface area contributed by atoms with Crippen LogP contribution in [0.5, 0.6) is 0 Å². The maximum Gasteiger partial charge on any atom is 0.0356 e. The van der Waals surface area contributed by atoms with Crippen LogP contribution in [0.3, 0.4) is 0 Å². The molecule has 0 amide bonds. The summed E-state index contributed by atoms with van der Waals surface area (Å²) in [6, 6.07) is 0.619. The fourth-order valence-corrected chi connectivity index (χ4v) is 2.57. The van der Waals surface area contributed by atoms with Crippen LogP contribution in [0.25, 0.3) is 0 Å². The monoisotopic (exact) mass is 164 g/mol. The molecule has 2 bridgehead atoms. The zero-order valence-corrected chi connectivity index (χ0v) is 7.37. The van der Waals surface area contributed by atoms with Crippen LogP contribution in [-0.2, 0) is 0 Å². The van der Waals surface area contributed by atoms with Crippen LogP contribution in [-0.4, -0.2) is 30.6 Å². The molecule has 66 valence electrons. The molecule has 3 rings (SSSR count). The first-order valence-electron chi connectivity index (χ1n) is 4.75. The lowest BCUT2D eigenvalue weighted by molar-refractivity contribution is 0.0267. The van der Waals surface area contributed by atoms with E-state index in [0.29, 0.717) is 12.0 Å². The molecule has 0 radical (unpaired) electrons. The Labute approximate surface area is 74.1 Å². The molecule has 4 atom stereocenters. The van der Waals surface area contributed by atoms with Crippen molar-refractivity contribution in [2.24, 2.45) is 17.6 Å². The van der Waals surface area contributed by atoms with E-state index in [2.05, 4.69) is 10.8 Å². The molecule has 12 heavy (non-hydrogen) atoms. The molecule has 2 heteroatoms. The Morgan fingerprint density at radius 1 is 1.58 bits per heavy atom. The highest BCUT2D eigenvalue weighted by molar-refractivity contribution is 5.05. The van der Waals surface area contributed by atoms with Crippen molar-refractivity contribution in [2.75, 3.05) is 19.6 Å². The minimum atomic E-state index is 0.501. The topological polar surface area (TPSA) is 29.3 Å². The average molecular weight is 164 g/mol. The molecule has 3 saturated heterocycles. The summed E-state index contributed by atoms with van der Waals surface area (Å²) in [6.07, 6.45) is 7.98. The number of nitrogens with zero attached hydrogens (tertiary/aromatic N) is 1. The first-order chi connectivity index (χ1) is 5.85. The van der Waals surface area contributed by atoms with Gasteiger partial charge in [-0.1, -0.05) is 0 Å². The van der Waals surface area contributed by atoms with Crippen molar-refractivity contribution >= 4 is 0 Å². The number of nitrogens with two attached hydrogens (primary N) is 1. The van der Waals surface area contributed by atoms with Gasteiger partial charge in [-0.3, -0.25) is 4.90 Å². The van der Waals surface area contributed by atoms with E-state index in [1.54, 1.807) is 0 Å². The molecule has 3 fully saturated rings. The summed E-state index contributed by atoms with van der Waals surface area (Å²) in [6.45, 7) is 3.10. The van der Waals surface area contributed by atoms with Gasteiger partial charge in [0.1, 0.15) is 0 Å². The molecule has 4 unspecified atom stereocenters. The summed E-state index contributed by atoms with van der Waals surface area (Å²) in [5.74, 6) is 4.16. The second kappa shape index (κ2) is 3.08. The van der Waals surface area contributed by atoms with E-state index in [-0.39, 0.29) is 0 Å². The molecule has 0 aromatic rings. The predicted molar refractivity (Wildman–Crippen MR) is 49.5 cm³/mol. The van der Waals surface area contributed by atoms with Gasteiger partial charge in [0.25, 0.3) is 0 Å². The summed E-state index contributed by atoms with van der Waals surface area (Å²) < 4.78 is 0. The quantitative estimate of drug-likeness (QED) is 0.564. The van der Waals surface area contributed by atoms with E-state index in [4.69, 9.17) is 12.2 Å². The van der Waals surface area contributed by atoms with Gasteiger partial charge in [-0.05, 0) is 25.3 Å². The van der Waals surface area contributed by atoms with Gasteiger partial charge < -0.3 is 5.73 Å². The Bertz CT molecular complexity index is 206. The van der Waals surface area contributed by atoms with Crippen LogP contribution >= 0.6 is 0 Å². The Morgan fingerprint density at radius 3 is 2.92 bits per heavy atom. The second-order valence-electron chi connectivity index (χ2n) is 3.94. The molecule has 0 aromatic carbocycles. The highest BCUT2D eigenvalue weighted by Gasteiger charge is 2.38. The summed E-state index contributed by atoms with van der Waals surface area (Å²) in [5.41, 5.74) is 5.68. The normalized spacial score (nSPS) is 45.7. The van der Waals surface area contributed by atoms with E-state index in [1.165, 1.54) is 19.4 Å². The first-order valence-corrected chi connectivity index (χ1v) is 4.75. The molecular formula is C10H16N2. The summed E-state index contributed by atoms with van der Waals surface area (Å²) in [4.78, 5) is 2.46. The minimum Gasteiger partial charge on any atom is -0.329 e. The first kappa shape index (κ1) is 8.10.